The molecule has 0 aliphatic rings. The molecule has 8 nitrogen and oxygen atoms in total. The van der Waals surface area contributed by atoms with Gasteiger partial charge in [0.25, 0.3) is 0 Å². The molecule has 0 aliphatic heterocycles. The Kier molecular flexibility index (Phi) is 8.32. The standard InChI is InChI=1S/C22H27N3O5/c1-25(9-8-15-6-7-18(27-2)19(10-15)28-3)14-22(26)24-17-12-21(30-5)20(29-4)11-16(17)13-23/h6-7,10-12H,8-9,14H2,1-5H3,(H,24,26). The Balaban J connectivity index is 1.97. The average Bonchev–Trinajstić information content (AvgIpc) is 2.76. The lowest BCUT2D eigenvalue weighted by molar-refractivity contribution is -0.117. The van der Waals surface area contributed by atoms with E-state index in [1.807, 2.05) is 30.1 Å². The maximum Gasteiger partial charge on any atom is 0.238 e. The molecule has 0 radical (unpaired) electrons. The van der Waals surface area contributed by atoms with Crippen molar-refractivity contribution in [2.24, 2.45) is 0 Å². The highest BCUT2D eigenvalue weighted by Gasteiger charge is 2.14. The summed E-state index contributed by atoms with van der Waals surface area (Å²) >= 11 is 0. The number of hydrogen-bond donors (Lipinski definition) is 1. The summed E-state index contributed by atoms with van der Waals surface area (Å²) < 4.78 is 21.0. The lowest BCUT2D eigenvalue weighted by atomic mass is 10.1. The molecule has 2 rings (SSSR count). The molecule has 0 saturated carbocycles. The quantitative estimate of drug-likeness (QED) is 0.640. The van der Waals surface area contributed by atoms with E-state index in [9.17, 15) is 10.1 Å². The number of rotatable bonds is 10. The molecule has 0 fully saturated rings. The van der Waals surface area contributed by atoms with Gasteiger partial charge in [-0.2, -0.15) is 5.26 Å². The second-order valence-corrected chi connectivity index (χ2v) is 6.59. The summed E-state index contributed by atoms with van der Waals surface area (Å²) in [5.74, 6) is 1.99. The van der Waals surface area contributed by atoms with Crippen LogP contribution in [0.4, 0.5) is 5.69 Å². The lowest BCUT2D eigenvalue weighted by Crippen LogP contribution is -2.31. The summed E-state index contributed by atoms with van der Waals surface area (Å²) in [6.45, 7) is 0.840. The van der Waals surface area contributed by atoms with Gasteiger partial charge in [0.05, 0.1) is 46.2 Å². The number of anilines is 1. The normalized spacial score (nSPS) is 10.3. The number of nitrogens with zero attached hydrogens (tertiary/aromatic N) is 2. The summed E-state index contributed by atoms with van der Waals surface area (Å²) in [7, 11) is 8.05. The minimum Gasteiger partial charge on any atom is -0.493 e. The summed E-state index contributed by atoms with van der Waals surface area (Å²) in [5, 5.41) is 12.1. The van der Waals surface area contributed by atoms with Crippen molar-refractivity contribution in [3.63, 3.8) is 0 Å². The van der Waals surface area contributed by atoms with E-state index in [2.05, 4.69) is 11.4 Å². The molecule has 0 atom stereocenters. The molecule has 1 N–H and O–H groups in total. The summed E-state index contributed by atoms with van der Waals surface area (Å²) in [6, 6.07) is 10.9. The summed E-state index contributed by atoms with van der Waals surface area (Å²) in [5.41, 5.74) is 1.76. The third-order valence-electron chi connectivity index (χ3n) is 4.56. The van der Waals surface area contributed by atoms with E-state index in [0.717, 1.165) is 12.0 Å². The fourth-order valence-electron chi connectivity index (χ4n) is 2.94. The number of methoxy groups -OCH3 is 4. The van der Waals surface area contributed by atoms with Gasteiger partial charge in [-0.3, -0.25) is 9.69 Å². The lowest BCUT2D eigenvalue weighted by Gasteiger charge is -2.18. The first kappa shape index (κ1) is 22.8. The summed E-state index contributed by atoms with van der Waals surface area (Å²) in [4.78, 5) is 14.4. The highest BCUT2D eigenvalue weighted by Crippen LogP contribution is 2.33. The van der Waals surface area contributed by atoms with Gasteiger partial charge >= 0.3 is 0 Å². The van der Waals surface area contributed by atoms with Crippen LogP contribution in [0.25, 0.3) is 0 Å². The minimum absolute atomic E-state index is 0.173. The predicted molar refractivity (Wildman–Crippen MR) is 114 cm³/mol. The van der Waals surface area contributed by atoms with Crippen LogP contribution in [0.15, 0.2) is 30.3 Å². The molecule has 0 unspecified atom stereocenters. The van der Waals surface area contributed by atoms with E-state index in [4.69, 9.17) is 18.9 Å². The second kappa shape index (κ2) is 10.9. The third-order valence-corrected chi connectivity index (χ3v) is 4.56. The second-order valence-electron chi connectivity index (χ2n) is 6.59. The topological polar surface area (TPSA) is 93.0 Å². The number of nitrogens with one attached hydrogen (secondary N) is 1. The van der Waals surface area contributed by atoms with Crippen LogP contribution in [0.5, 0.6) is 23.0 Å². The first-order valence-electron chi connectivity index (χ1n) is 9.31. The van der Waals surface area contributed by atoms with Gasteiger partial charge in [-0.15, -0.1) is 0 Å². The minimum atomic E-state index is -0.228. The molecule has 0 saturated heterocycles. The van der Waals surface area contributed by atoms with Crippen LogP contribution in [-0.4, -0.2) is 59.4 Å². The molecule has 160 valence electrons. The first-order chi connectivity index (χ1) is 14.4. The van der Waals surface area contributed by atoms with Gasteiger partial charge in [0.15, 0.2) is 23.0 Å². The number of hydrogen-bond acceptors (Lipinski definition) is 7. The van der Waals surface area contributed by atoms with Gasteiger partial charge in [-0.25, -0.2) is 0 Å². The zero-order valence-corrected chi connectivity index (χ0v) is 17.9. The number of amides is 1. The zero-order valence-electron chi connectivity index (χ0n) is 17.9. The van der Waals surface area contributed by atoms with Crippen LogP contribution in [0.1, 0.15) is 11.1 Å². The van der Waals surface area contributed by atoms with Gasteiger partial charge in [0.1, 0.15) is 6.07 Å². The fraction of sp³-hybridized carbons (Fsp3) is 0.364. The molecule has 2 aromatic carbocycles. The van der Waals surface area contributed by atoms with E-state index < -0.39 is 0 Å². The van der Waals surface area contributed by atoms with E-state index in [0.29, 0.717) is 40.8 Å². The number of carbonyl (C=O) groups is 1. The number of nitriles is 1. The van der Waals surface area contributed by atoms with E-state index in [-0.39, 0.29) is 12.5 Å². The van der Waals surface area contributed by atoms with Crippen molar-refractivity contribution >= 4 is 11.6 Å². The number of ether oxygens (including phenoxy) is 4. The molecular formula is C22H27N3O5. The van der Waals surface area contributed by atoms with Crippen LogP contribution in [0.2, 0.25) is 0 Å². The van der Waals surface area contributed by atoms with Crippen LogP contribution >= 0.6 is 0 Å². The van der Waals surface area contributed by atoms with Crippen molar-refractivity contribution in [2.75, 3.05) is 53.9 Å². The Labute approximate surface area is 176 Å². The van der Waals surface area contributed by atoms with Crippen LogP contribution in [0.3, 0.4) is 0 Å². The van der Waals surface area contributed by atoms with Crippen LogP contribution < -0.4 is 24.3 Å². The van der Waals surface area contributed by atoms with E-state index in [1.165, 1.54) is 20.3 Å². The first-order valence-corrected chi connectivity index (χ1v) is 9.31. The Morgan fingerprint density at radius 1 is 0.967 bits per heavy atom. The van der Waals surface area contributed by atoms with Crippen molar-refractivity contribution in [1.29, 1.82) is 5.26 Å². The van der Waals surface area contributed by atoms with Crippen molar-refractivity contribution in [2.45, 2.75) is 6.42 Å². The molecular weight excluding hydrogens is 386 g/mol. The highest BCUT2D eigenvalue weighted by atomic mass is 16.5. The van der Waals surface area contributed by atoms with Crippen molar-refractivity contribution in [1.82, 2.24) is 4.90 Å². The smallest absolute Gasteiger partial charge is 0.238 e. The van der Waals surface area contributed by atoms with Gasteiger partial charge in [-0.1, -0.05) is 6.07 Å². The predicted octanol–water partition coefficient (Wildman–Crippen LogP) is 2.71. The fourth-order valence-corrected chi connectivity index (χ4v) is 2.94. The molecule has 1 amide bonds. The van der Waals surface area contributed by atoms with E-state index in [1.54, 1.807) is 20.3 Å². The molecule has 0 aromatic heterocycles. The van der Waals surface area contributed by atoms with Gasteiger partial charge in [0.2, 0.25) is 5.91 Å². The third kappa shape index (κ3) is 5.78. The molecule has 0 heterocycles. The van der Waals surface area contributed by atoms with Gasteiger partial charge in [0, 0.05) is 18.7 Å². The van der Waals surface area contributed by atoms with Crippen LogP contribution in [-0.2, 0) is 11.2 Å². The maximum absolute atomic E-state index is 12.5. The Hall–Kier alpha value is -3.44. The SMILES string of the molecule is COc1ccc(CCN(C)CC(=O)Nc2cc(OC)c(OC)cc2C#N)cc1OC. The Morgan fingerprint density at radius 3 is 2.17 bits per heavy atom. The number of likely N-dealkylation sites (N-methyl/N-ethyl adjacent to an activating group) is 1. The molecule has 0 spiro atoms. The monoisotopic (exact) mass is 413 g/mol. The zero-order chi connectivity index (χ0) is 22.1. The van der Waals surface area contributed by atoms with Crippen molar-refractivity contribution < 1.29 is 23.7 Å². The largest absolute Gasteiger partial charge is 0.493 e. The van der Waals surface area contributed by atoms with Crippen molar-refractivity contribution in [3.8, 4) is 29.1 Å². The van der Waals surface area contributed by atoms with Gasteiger partial charge < -0.3 is 24.3 Å². The van der Waals surface area contributed by atoms with Crippen LogP contribution in [0, 0.1) is 11.3 Å². The number of benzene rings is 2. The average molecular weight is 413 g/mol. The molecule has 0 bridgehead atoms. The van der Waals surface area contributed by atoms with Crippen molar-refractivity contribution in [3.05, 3.63) is 41.5 Å². The Morgan fingerprint density at radius 2 is 1.57 bits per heavy atom. The highest BCUT2D eigenvalue weighted by molar-refractivity contribution is 5.94. The number of carbonyl (C=O) groups excluding carboxylic acids is 1. The molecule has 8 heteroatoms. The van der Waals surface area contributed by atoms with E-state index >= 15 is 0 Å². The molecule has 0 aliphatic carbocycles. The molecule has 2 aromatic rings. The molecule has 30 heavy (non-hydrogen) atoms. The van der Waals surface area contributed by atoms with Gasteiger partial charge in [-0.05, 0) is 31.2 Å². The summed E-state index contributed by atoms with van der Waals surface area (Å²) in [6.07, 6.45) is 0.740. The maximum atomic E-state index is 12.5. The Bertz CT molecular complexity index is 924.